The van der Waals surface area contributed by atoms with E-state index in [0.29, 0.717) is 5.75 Å². The third-order valence-corrected chi connectivity index (χ3v) is 2.05. The Kier molecular flexibility index (Phi) is 6.94. The SMILES string of the molecule is CC(CS)NC(=O)OCOC(=O)C(C)C. The number of rotatable bonds is 5. The van der Waals surface area contributed by atoms with Crippen LogP contribution in [0.4, 0.5) is 4.79 Å². The van der Waals surface area contributed by atoms with E-state index in [1.807, 2.05) is 0 Å². The average Bonchev–Trinajstić information content (AvgIpc) is 2.17. The number of esters is 1. The maximum absolute atomic E-state index is 11.0. The van der Waals surface area contributed by atoms with E-state index in [0.717, 1.165) is 0 Å². The summed E-state index contributed by atoms with van der Waals surface area (Å²) in [6.45, 7) is 4.83. The number of nitrogens with one attached hydrogen (secondary N) is 1. The summed E-state index contributed by atoms with van der Waals surface area (Å²) >= 11 is 3.99. The maximum Gasteiger partial charge on any atom is 0.410 e. The molecule has 1 atom stereocenters. The molecule has 15 heavy (non-hydrogen) atoms. The molecule has 0 spiro atoms. The van der Waals surface area contributed by atoms with Crippen LogP contribution in [-0.2, 0) is 14.3 Å². The van der Waals surface area contributed by atoms with E-state index in [9.17, 15) is 9.59 Å². The predicted octanol–water partition coefficient (Wildman–Crippen LogP) is 1.19. The molecule has 0 bridgehead atoms. The summed E-state index contributed by atoms with van der Waals surface area (Å²) in [5, 5.41) is 2.50. The molecule has 0 heterocycles. The second kappa shape index (κ2) is 7.39. The van der Waals surface area contributed by atoms with Crippen LogP contribution in [0.15, 0.2) is 0 Å². The lowest BCUT2D eigenvalue weighted by atomic mass is 10.2. The molecule has 1 unspecified atom stereocenters. The number of ether oxygens (including phenoxy) is 2. The first-order valence-electron chi connectivity index (χ1n) is 4.68. The Balaban J connectivity index is 3.60. The van der Waals surface area contributed by atoms with Gasteiger partial charge in [-0.15, -0.1) is 0 Å². The van der Waals surface area contributed by atoms with Crippen LogP contribution in [0.3, 0.4) is 0 Å². The molecule has 6 heteroatoms. The van der Waals surface area contributed by atoms with Crippen molar-refractivity contribution in [3.8, 4) is 0 Å². The summed E-state index contributed by atoms with van der Waals surface area (Å²) in [5.74, 6) is -0.112. The van der Waals surface area contributed by atoms with E-state index in [2.05, 4.69) is 27.4 Å². The Bertz CT molecular complexity index is 220. The first-order chi connectivity index (χ1) is 6.97. The van der Waals surface area contributed by atoms with Gasteiger partial charge in [-0.05, 0) is 6.92 Å². The van der Waals surface area contributed by atoms with Gasteiger partial charge < -0.3 is 14.8 Å². The van der Waals surface area contributed by atoms with Crippen LogP contribution < -0.4 is 5.32 Å². The fourth-order valence-corrected chi connectivity index (χ4v) is 0.688. The Morgan fingerprint density at radius 3 is 2.33 bits per heavy atom. The lowest BCUT2D eigenvalue weighted by molar-refractivity contribution is -0.155. The summed E-state index contributed by atoms with van der Waals surface area (Å²) in [6.07, 6.45) is -0.617. The zero-order valence-electron chi connectivity index (χ0n) is 9.15. The number of alkyl carbamates (subject to hydrolysis) is 1. The van der Waals surface area contributed by atoms with Gasteiger partial charge in [-0.25, -0.2) is 4.79 Å². The minimum atomic E-state index is -0.617. The molecule has 0 aromatic heterocycles. The van der Waals surface area contributed by atoms with Crippen LogP contribution in [0.2, 0.25) is 0 Å². The molecule has 0 saturated carbocycles. The number of thiol groups is 1. The molecule has 0 aliphatic rings. The lowest BCUT2D eigenvalue weighted by Gasteiger charge is -2.11. The van der Waals surface area contributed by atoms with Gasteiger partial charge in [-0.1, -0.05) is 13.8 Å². The van der Waals surface area contributed by atoms with E-state index >= 15 is 0 Å². The molecular formula is C9H17NO4S. The zero-order chi connectivity index (χ0) is 11.8. The van der Waals surface area contributed by atoms with Crippen molar-refractivity contribution in [3.05, 3.63) is 0 Å². The highest BCUT2D eigenvalue weighted by atomic mass is 32.1. The van der Waals surface area contributed by atoms with Crippen LogP contribution >= 0.6 is 12.6 Å². The summed E-state index contributed by atoms with van der Waals surface area (Å²) < 4.78 is 9.26. The average molecular weight is 235 g/mol. The van der Waals surface area contributed by atoms with Crippen molar-refractivity contribution < 1.29 is 19.1 Å². The summed E-state index contributed by atoms with van der Waals surface area (Å²) in [6, 6.07) is -0.0818. The largest absolute Gasteiger partial charge is 0.428 e. The normalized spacial score (nSPS) is 12.1. The fraction of sp³-hybridized carbons (Fsp3) is 0.778. The van der Waals surface area contributed by atoms with E-state index in [1.54, 1.807) is 20.8 Å². The Hall–Kier alpha value is -0.910. The van der Waals surface area contributed by atoms with Crippen molar-refractivity contribution >= 4 is 24.7 Å². The van der Waals surface area contributed by atoms with Crippen LogP contribution in [0, 0.1) is 5.92 Å². The van der Waals surface area contributed by atoms with Crippen molar-refractivity contribution in [1.82, 2.24) is 5.32 Å². The van der Waals surface area contributed by atoms with Crippen molar-refractivity contribution in [2.24, 2.45) is 5.92 Å². The second-order valence-electron chi connectivity index (χ2n) is 3.40. The highest BCUT2D eigenvalue weighted by Crippen LogP contribution is 1.96. The van der Waals surface area contributed by atoms with Gasteiger partial charge in [0.05, 0.1) is 5.92 Å². The van der Waals surface area contributed by atoms with E-state index in [4.69, 9.17) is 0 Å². The Morgan fingerprint density at radius 2 is 1.87 bits per heavy atom. The lowest BCUT2D eigenvalue weighted by Crippen LogP contribution is -2.34. The minimum absolute atomic E-state index is 0.0818. The fourth-order valence-electron chi connectivity index (χ4n) is 0.596. The van der Waals surface area contributed by atoms with Gasteiger partial charge in [0.15, 0.2) is 0 Å². The van der Waals surface area contributed by atoms with E-state index < -0.39 is 12.1 Å². The van der Waals surface area contributed by atoms with Gasteiger partial charge in [-0.2, -0.15) is 12.6 Å². The van der Waals surface area contributed by atoms with E-state index in [-0.39, 0.29) is 18.8 Å². The van der Waals surface area contributed by atoms with Gasteiger partial charge in [0.1, 0.15) is 0 Å². The van der Waals surface area contributed by atoms with Gasteiger partial charge in [0, 0.05) is 11.8 Å². The first kappa shape index (κ1) is 14.1. The molecule has 0 aromatic carbocycles. The monoisotopic (exact) mass is 235 g/mol. The number of hydrogen-bond acceptors (Lipinski definition) is 5. The molecule has 0 saturated heterocycles. The van der Waals surface area contributed by atoms with Crippen LogP contribution in [0.25, 0.3) is 0 Å². The van der Waals surface area contributed by atoms with Gasteiger partial charge in [-0.3, -0.25) is 4.79 Å². The molecule has 88 valence electrons. The molecule has 1 N–H and O–H groups in total. The third-order valence-electron chi connectivity index (χ3n) is 1.50. The van der Waals surface area contributed by atoms with Crippen molar-refractivity contribution in [1.29, 1.82) is 0 Å². The number of amides is 1. The second-order valence-corrected chi connectivity index (χ2v) is 3.76. The molecule has 0 aromatic rings. The summed E-state index contributed by atoms with van der Waals surface area (Å²) in [4.78, 5) is 22.0. The smallest absolute Gasteiger partial charge is 0.410 e. The van der Waals surface area contributed by atoms with Crippen LogP contribution in [0.5, 0.6) is 0 Å². The standard InChI is InChI=1S/C9H17NO4S/c1-6(2)8(11)13-5-14-9(12)10-7(3)4-15/h6-7,15H,4-5H2,1-3H3,(H,10,12). The van der Waals surface area contributed by atoms with Gasteiger partial charge >= 0.3 is 12.1 Å². The Labute approximate surface area is 94.9 Å². The molecule has 0 radical (unpaired) electrons. The molecule has 1 amide bonds. The number of carbonyl (C=O) groups is 2. The molecule has 0 aliphatic heterocycles. The molecule has 0 fully saturated rings. The zero-order valence-corrected chi connectivity index (χ0v) is 10.0. The topological polar surface area (TPSA) is 64.6 Å². The highest BCUT2D eigenvalue weighted by Gasteiger charge is 2.10. The minimum Gasteiger partial charge on any atom is -0.428 e. The molecule has 0 rings (SSSR count). The van der Waals surface area contributed by atoms with Crippen LogP contribution in [0.1, 0.15) is 20.8 Å². The molecular weight excluding hydrogens is 218 g/mol. The van der Waals surface area contributed by atoms with Gasteiger partial charge in [0.25, 0.3) is 0 Å². The summed E-state index contributed by atoms with van der Waals surface area (Å²) in [7, 11) is 0. The Morgan fingerprint density at radius 1 is 1.27 bits per heavy atom. The number of hydrogen-bond donors (Lipinski definition) is 2. The molecule has 5 nitrogen and oxygen atoms in total. The maximum atomic E-state index is 11.0. The van der Waals surface area contributed by atoms with E-state index in [1.165, 1.54) is 0 Å². The van der Waals surface area contributed by atoms with Crippen molar-refractivity contribution in [2.45, 2.75) is 26.8 Å². The van der Waals surface area contributed by atoms with Crippen LogP contribution in [-0.4, -0.2) is 30.7 Å². The predicted molar refractivity (Wildman–Crippen MR) is 58.7 cm³/mol. The number of carbonyl (C=O) groups excluding carboxylic acids is 2. The third kappa shape index (κ3) is 7.07. The highest BCUT2D eigenvalue weighted by molar-refractivity contribution is 7.80. The quantitative estimate of drug-likeness (QED) is 0.427. The first-order valence-corrected chi connectivity index (χ1v) is 5.31. The molecule has 0 aliphatic carbocycles. The van der Waals surface area contributed by atoms with Crippen molar-refractivity contribution in [3.63, 3.8) is 0 Å². The van der Waals surface area contributed by atoms with Crippen molar-refractivity contribution in [2.75, 3.05) is 12.5 Å². The van der Waals surface area contributed by atoms with Gasteiger partial charge in [0.2, 0.25) is 6.79 Å². The summed E-state index contributed by atoms with van der Waals surface area (Å²) in [5.41, 5.74) is 0.